The van der Waals surface area contributed by atoms with Gasteiger partial charge in [0.15, 0.2) is 16.6 Å². The first-order chi connectivity index (χ1) is 14.5. The fourth-order valence-corrected chi connectivity index (χ4v) is 5.26. The largest absolute Gasteiger partial charge is 0.478 e. The number of hydrogen-bond donors (Lipinski definition) is 2. The fraction of sp³-hybridized carbons (Fsp3) is 0.190. The molecule has 2 N–H and O–H groups in total. The van der Waals surface area contributed by atoms with E-state index >= 15 is 0 Å². The van der Waals surface area contributed by atoms with E-state index in [1.165, 1.54) is 23.1 Å². The van der Waals surface area contributed by atoms with Gasteiger partial charge in [0.1, 0.15) is 0 Å². The quantitative estimate of drug-likeness (QED) is 0.587. The minimum atomic E-state index is -0.965. The first-order valence-corrected chi connectivity index (χ1v) is 10.9. The third kappa shape index (κ3) is 3.50. The van der Waals surface area contributed by atoms with Gasteiger partial charge < -0.3 is 19.9 Å². The molecule has 5 rings (SSSR count). The summed E-state index contributed by atoms with van der Waals surface area (Å²) >= 11 is 2.77. The summed E-state index contributed by atoms with van der Waals surface area (Å²) in [5.74, 6) is 0.319. The molecule has 9 heteroatoms. The number of carboxylic acids is 1. The molecule has 0 atom stereocenters. The summed E-state index contributed by atoms with van der Waals surface area (Å²) in [5.41, 5.74) is 0.591. The van der Waals surface area contributed by atoms with Crippen LogP contribution in [0.4, 0.5) is 5.13 Å². The Hall–Kier alpha value is -3.04. The first-order valence-electron chi connectivity index (χ1n) is 9.22. The number of amides is 1. The Bertz CT molecular complexity index is 1160. The van der Waals surface area contributed by atoms with Crippen LogP contribution in [0.3, 0.4) is 0 Å². The van der Waals surface area contributed by atoms with Crippen LogP contribution in [-0.4, -0.2) is 28.8 Å². The maximum atomic E-state index is 13.0. The number of nitrogens with zero attached hydrogens (tertiary/aromatic N) is 1. The number of rotatable bonds is 6. The van der Waals surface area contributed by atoms with Gasteiger partial charge in [-0.1, -0.05) is 35.2 Å². The monoisotopic (exact) mass is 440 g/mol. The Labute approximate surface area is 180 Å². The number of ether oxygens (including phenoxy) is 2. The third-order valence-electron chi connectivity index (χ3n) is 5.11. The molecule has 1 aliphatic heterocycles. The summed E-state index contributed by atoms with van der Waals surface area (Å²) in [6.45, 7) is 0.201. The van der Waals surface area contributed by atoms with E-state index in [1.54, 1.807) is 24.4 Å². The number of anilines is 1. The number of carbonyl (C=O) groups is 2. The van der Waals surface area contributed by atoms with Crippen LogP contribution in [-0.2, 0) is 10.2 Å². The number of thiazole rings is 1. The number of fused-ring (bicyclic) bond motifs is 1. The highest BCUT2D eigenvalue weighted by Crippen LogP contribution is 2.51. The van der Waals surface area contributed by atoms with E-state index in [9.17, 15) is 9.59 Å². The SMILES string of the molecule is O=C(O)c1cccc(Sc2cnc(NC(=O)C3(c4ccc5c(c4)OCO5)CC3)s2)c1. The molecule has 1 saturated carbocycles. The highest BCUT2D eigenvalue weighted by Gasteiger charge is 2.52. The van der Waals surface area contributed by atoms with Crippen molar-refractivity contribution in [2.45, 2.75) is 27.4 Å². The molecule has 1 amide bonds. The van der Waals surface area contributed by atoms with Gasteiger partial charge in [0.05, 0.1) is 21.4 Å². The second kappa shape index (κ2) is 7.33. The minimum Gasteiger partial charge on any atom is -0.478 e. The summed E-state index contributed by atoms with van der Waals surface area (Å²) in [5, 5.41) is 12.6. The second-order valence-electron chi connectivity index (χ2n) is 7.02. The van der Waals surface area contributed by atoms with E-state index in [0.29, 0.717) is 16.6 Å². The predicted molar refractivity (Wildman–Crippen MR) is 112 cm³/mol. The number of hydrogen-bond acceptors (Lipinski definition) is 7. The fourth-order valence-electron chi connectivity index (χ4n) is 3.36. The highest BCUT2D eigenvalue weighted by atomic mass is 32.2. The molecule has 1 aromatic heterocycles. The summed E-state index contributed by atoms with van der Waals surface area (Å²) in [6.07, 6.45) is 3.22. The standard InChI is InChI=1S/C21H16N2O5S2/c24-18(25)12-2-1-3-14(8-12)29-17-10-22-20(30-17)23-19(26)21(6-7-21)13-4-5-15-16(9-13)28-11-27-15/h1-5,8-10H,6-7,11H2,(H,24,25)(H,22,23,26). The van der Waals surface area contributed by atoms with Crippen LogP contribution in [0, 0.1) is 0 Å². The Morgan fingerprint density at radius 2 is 1.97 bits per heavy atom. The van der Waals surface area contributed by atoms with Crippen LogP contribution in [0.2, 0.25) is 0 Å². The van der Waals surface area contributed by atoms with Crippen molar-refractivity contribution >= 4 is 40.1 Å². The molecule has 152 valence electrons. The van der Waals surface area contributed by atoms with Crippen molar-refractivity contribution in [1.29, 1.82) is 0 Å². The normalized spacial score (nSPS) is 15.6. The van der Waals surface area contributed by atoms with E-state index in [-0.39, 0.29) is 18.3 Å². The van der Waals surface area contributed by atoms with Gasteiger partial charge in [0, 0.05) is 4.90 Å². The van der Waals surface area contributed by atoms with Gasteiger partial charge >= 0.3 is 5.97 Å². The Kier molecular flexibility index (Phi) is 4.63. The van der Waals surface area contributed by atoms with Crippen molar-refractivity contribution < 1.29 is 24.2 Å². The van der Waals surface area contributed by atoms with Gasteiger partial charge in [0.25, 0.3) is 0 Å². The van der Waals surface area contributed by atoms with Crippen molar-refractivity contribution in [2.75, 3.05) is 12.1 Å². The topological polar surface area (TPSA) is 97.8 Å². The lowest BCUT2D eigenvalue weighted by atomic mass is 9.94. The maximum absolute atomic E-state index is 13.0. The molecule has 7 nitrogen and oxygen atoms in total. The third-order valence-corrected chi connectivity index (χ3v) is 7.12. The number of aromatic carboxylic acids is 1. The molecule has 1 fully saturated rings. The second-order valence-corrected chi connectivity index (χ2v) is 9.43. The average molecular weight is 441 g/mol. The maximum Gasteiger partial charge on any atom is 0.335 e. The number of aromatic nitrogens is 1. The van der Waals surface area contributed by atoms with Crippen LogP contribution >= 0.6 is 23.1 Å². The summed E-state index contributed by atoms with van der Waals surface area (Å²) in [7, 11) is 0. The van der Waals surface area contributed by atoms with E-state index < -0.39 is 11.4 Å². The molecule has 2 heterocycles. The van der Waals surface area contributed by atoms with Gasteiger partial charge in [-0.25, -0.2) is 9.78 Å². The zero-order valence-corrected chi connectivity index (χ0v) is 17.2. The zero-order valence-electron chi connectivity index (χ0n) is 15.6. The molecule has 0 spiro atoms. The van der Waals surface area contributed by atoms with Crippen molar-refractivity contribution in [3.63, 3.8) is 0 Å². The molecule has 2 aliphatic rings. The van der Waals surface area contributed by atoms with Crippen LogP contribution in [0.5, 0.6) is 11.5 Å². The van der Waals surface area contributed by atoms with E-state index in [4.69, 9.17) is 14.6 Å². The molecule has 30 heavy (non-hydrogen) atoms. The summed E-state index contributed by atoms with van der Waals surface area (Å²) < 4.78 is 11.6. The number of carbonyl (C=O) groups excluding carboxylic acids is 1. The van der Waals surface area contributed by atoms with Gasteiger partial charge in [-0.15, -0.1) is 0 Å². The van der Waals surface area contributed by atoms with Crippen molar-refractivity contribution in [1.82, 2.24) is 4.98 Å². The van der Waals surface area contributed by atoms with Gasteiger partial charge in [-0.2, -0.15) is 0 Å². The molecular weight excluding hydrogens is 424 g/mol. The summed E-state index contributed by atoms with van der Waals surface area (Å²) in [6, 6.07) is 12.4. The summed E-state index contributed by atoms with van der Waals surface area (Å²) in [4.78, 5) is 29.2. The molecule has 0 unspecified atom stereocenters. The molecular formula is C21H16N2O5S2. The van der Waals surface area contributed by atoms with Crippen LogP contribution in [0.15, 0.2) is 57.8 Å². The lowest BCUT2D eigenvalue weighted by Gasteiger charge is -2.15. The lowest BCUT2D eigenvalue weighted by molar-refractivity contribution is -0.118. The molecule has 3 aromatic rings. The number of carboxylic acid groups (broad SMARTS) is 1. The number of nitrogens with one attached hydrogen (secondary N) is 1. The van der Waals surface area contributed by atoms with E-state index in [2.05, 4.69) is 10.3 Å². The smallest absolute Gasteiger partial charge is 0.335 e. The highest BCUT2D eigenvalue weighted by molar-refractivity contribution is 8.01. The van der Waals surface area contributed by atoms with Crippen LogP contribution in [0.1, 0.15) is 28.8 Å². The van der Waals surface area contributed by atoms with Gasteiger partial charge in [-0.05, 0) is 48.7 Å². The van der Waals surface area contributed by atoms with Crippen LogP contribution < -0.4 is 14.8 Å². The molecule has 0 radical (unpaired) electrons. The molecule has 2 aromatic carbocycles. The Balaban J connectivity index is 1.29. The van der Waals surface area contributed by atoms with Crippen molar-refractivity contribution in [3.8, 4) is 11.5 Å². The van der Waals surface area contributed by atoms with Crippen LogP contribution in [0.25, 0.3) is 0 Å². The van der Waals surface area contributed by atoms with Gasteiger partial charge in [-0.3, -0.25) is 4.79 Å². The first kappa shape index (κ1) is 19.0. The van der Waals surface area contributed by atoms with E-state index in [1.807, 2.05) is 24.3 Å². The lowest BCUT2D eigenvalue weighted by Crippen LogP contribution is -2.27. The average Bonchev–Trinajstić information content (AvgIpc) is 3.23. The van der Waals surface area contributed by atoms with Crippen molar-refractivity contribution in [3.05, 3.63) is 59.8 Å². The van der Waals surface area contributed by atoms with Crippen molar-refractivity contribution in [2.24, 2.45) is 0 Å². The minimum absolute atomic E-state index is 0.0832. The predicted octanol–water partition coefficient (Wildman–Crippen LogP) is 4.39. The molecule has 0 saturated heterocycles. The zero-order chi connectivity index (χ0) is 20.7. The Morgan fingerprint density at radius 1 is 1.13 bits per heavy atom. The number of benzene rings is 2. The van der Waals surface area contributed by atoms with E-state index in [0.717, 1.165) is 27.5 Å². The molecule has 0 bridgehead atoms. The van der Waals surface area contributed by atoms with Gasteiger partial charge in [0.2, 0.25) is 12.7 Å². The Morgan fingerprint density at radius 3 is 2.77 bits per heavy atom. The molecule has 1 aliphatic carbocycles.